The van der Waals surface area contributed by atoms with Crippen LogP contribution in [-0.2, 0) is 0 Å². The van der Waals surface area contributed by atoms with E-state index in [-0.39, 0.29) is 0 Å². The Labute approximate surface area is 159 Å². The molecule has 0 atom stereocenters. The second-order valence-electron chi connectivity index (χ2n) is 5.64. The molecule has 128 valence electrons. The van der Waals surface area contributed by atoms with E-state index in [9.17, 15) is 10.5 Å². The third kappa shape index (κ3) is 3.48. The highest BCUT2D eigenvalue weighted by Gasteiger charge is 2.10. The highest BCUT2D eigenvalue weighted by atomic mass is 32.2. The lowest BCUT2D eigenvalue weighted by atomic mass is 10.1. The third-order valence-corrected chi connectivity index (χ3v) is 4.71. The summed E-state index contributed by atoms with van der Waals surface area (Å²) in [7, 11) is 0. The molecule has 0 radical (unpaired) electrons. The second-order valence-corrected chi connectivity index (χ2v) is 6.67. The molecule has 0 amide bonds. The third-order valence-electron chi connectivity index (χ3n) is 3.90. The first-order valence-corrected chi connectivity index (χ1v) is 8.92. The molecule has 4 rings (SSSR count). The largest absolute Gasteiger partial charge is 0.457 e. The van der Waals surface area contributed by atoms with Crippen molar-refractivity contribution < 1.29 is 4.42 Å². The summed E-state index contributed by atoms with van der Waals surface area (Å²) >= 11 is 1.24. The van der Waals surface area contributed by atoms with Crippen molar-refractivity contribution in [2.75, 3.05) is 0 Å². The van der Waals surface area contributed by atoms with E-state index in [2.05, 4.69) is 22.1 Å². The van der Waals surface area contributed by atoms with Crippen LogP contribution in [0.25, 0.3) is 28.4 Å². The first-order chi connectivity index (χ1) is 13.3. The van der Waals surface area contributed by atoms with Gasteiger partial charge in [-0.2, -0.15) is 10.5 Å². The summed E-state index contributed by atoms with van der Waals surface area (Å²) in [5.41, 5.74) is 3.04. The lowest BCUT2D eigenvalue weighted by Crippen LogP contribution is -1.80. The summed E-state index contributed by atoms with van der Waals surface area (Å²) in [4.78, 5) is 8.10. The second kappa shape index (κ2) is 7.25. The van der Waals surface area contributed by atoms with Gasteiger partial charge in [0, 0.05) is 11.6 Å². The Morgan fingerprint density at radius 1 is 1.04 bits per heavy atom. The van der Waals surface area contributed by atoms with Crippen LogP contribution < -0.4 is 0 Å². The number of allylic oxidation sites excluding steroid dienone is 1. The number of rotatable bonds is 4. The van der Waals surface area contributed by atoms with Crippen molar-refractivity contribution in [2.24, 2.45) is 0 Å². The summed E-state index contributed by atoms with van der Waals surface area (Å²) in [5, 5.41) is 19.3. The fraction of sp³-hybridized carbons (Fsp3) is 0. The topological polar surface area (TPSA) is 89.4 Å². The van der Waals surface area contributed by atoms with Crippen molar-refractivity contribution in [3.8, 4) is 23.5 Å². The van der Waals surface area contributed by atoms with E-state index >= 15 is 0 Å². The summed E-state index contributed by atoms with van der Waals surface area (Å²) < 4.78 is 5.82. The van der Waals surface area contributed by atoms with E-state index in [4.69, 9.17) is 4.42 Å². The Kier molecular flexibility index (Phi) is 4.49. The lowest BCUT2D eigenvalue weighted by molar-refractivity contribution is 0.571. The molecule has 0 bridgehead atoms. The van der Waals surface area contributed by atoms with Gasteiger partial charge < -0.3 is 9.40 Å². The average Bonchev–Trinajstić information content (AvgIpc) is 3.33. The van der Waals surface area contributed by atoms with Crippen LogP contribution in [0.3, 0.4) is 0 Å². The Bertz CT molecular complexity index is 1200. The number of fused-ring (bicyclic) bond motifs is 1. The van der Waals surface area contributed by atoms with Crippen LogP contribution in [0.15, 0.2) is 75.1 Å². The zero-order valence-corrected chi connectivity index (χ0v) is 14.8. The minimum atomic E-state index is 0.448. The number of aromatic nitrogens is 2. The van der Waals surface area contributed by atoms with E-state index in [0.717, 1.165) is 16.6 Å². The molecule has 0 saturated carbocycles. The molecule has 27 heavy (non-hydrogen) atoms. The van der Waals surface area contributed by atoms with Gasteiger partial charge in [-0.05, 0) is 48.2 Å². The van der Waals surface area contributed by atoms with Crippen molar-refractivity contribution in [2.45, 2.75) is 5.16 Å². The number of nitrogens with zero attached hydrogens (tertiary/aromatic N) is 3. The molecule has 0 aliphatic carbocycles. The van der Waals surface area contributed by atoms with Crippen molar-refractivity contribution in [1.29, 1.82) is 10.5 Å². The van der Waals surface area contributed by atoms with E-state index in [1.807, 2.05) is 42.5 Å². The SMILES string of the molecule is N#C/C(=C\c1ccc(-c2ccccc2C#N)o1)Sc1nc2ccccc2[nH]1. The van der Waals surface area contributed by atoms with Gasteiger partial charge >= 0.3 is 0 Å². The molecule has 0 fully saturated rings. The number of imidazole rings is 1. The summed E-state index contributed by atoms with van der Waals surface area (Å²) in [6, 6.07) is 22.8. The van der Waals surface area contributed by atoms with Crippen LogP contribution in [-0.4, -0.2) is 9.97 Å². The molecule has 1 N–H and O–H groups in total. The Hall–Kier alpha value is -3.74. The number of hydrogen-bond acceptors (Lipinski definition) is 5. The predicted molar refractivity (Wildman–Crippen MR) is 104 cm³/mol. The predicted octanol–water partition coefficient (Wildman–Crippen LogP) is 5.35. The molecule has 0 aliphatic heterocycles. The van der Waals surface area contributed by atoms with Gasteiger partial charge in [-0.3, -0.25) is 0 Å². The van der Waals surface area contributed by atoms with Crippen molar-refractivity contribution >= 4 is 28.9 Å². The standard InChI is InChI=1S/C21H12N4OS/c22-12-14-5-1-2-6-17(14)20-10-9-15(26-20)11-16(13-23)27-21-24-18-7-3-4-8-19(18)25-21/h1-11H,(H,24,25)/b16-11+. The van der Waals surface area contributed by atoms with Gasteiger partial charge in [0.1, 0.15) is 17.6 Å². The monoisotopic (exact) mass is 368 g/mol. The minimum Gasteiger partial charge on any atom is -0.457 e. The van der Waals surface area contributed by atoms with Crippen molar-refractivity contribution in [1.82, 2.24) is 9.97 Å². The smallest absolute Gasteiger partial charge is 0.171 e. The van der Waals surface area contributed by atoms with Crippen LogP contribution >= 0.6 is 11.8 Å². The van der Waals surface area contributed by atoms with Gasteiger partial charge in [0.25, 0.3) is 0 Å². The van der Waals surface area contributed by atoms with E-state index < -0.39 is 0 Å². The minimum absolute atomic E-state index is 0.448. The van der Waals surface area contributed by atoms with Crippen LogP contribution in [0.4, 0.5) is 0 Å². The number of benzene rings is 2. The van der Waals surface area contributed by atoms with Gasteiger partial charge in [0.15, 0.2) is 5.16 Å². The van der Waals surface area contributed by atoms with Crippen molar-refractivity contribution in [3.63, 3.8) is 0 Å². The fourth-order valence-corrected chi connectivity index (χ4v) is 3.40. The zero-order valence-electron chi connectivity index (χ0n) is 14.0. The van der Waals surface area contributed by atoms with E-state index in [0.29, 0.717) is 27.1 Å². The number of hydrogen-bond donors (Lipinski definition) is 1. The van der Waals surface area contributed by atoms with E-state index in [1.165, 1.54) is 11.8 Å². The molecule has 0 spiro atoms. The Morgan fingerprint density at radius 3 is 2.67 bits per heavy atom. The average molecular weight is 368 g/mol. The van der Waals surface area contributed by atoms with Crippen LogP contribution in [0.2, 0.25) is 0 Å². The first-order valence-electron chi connectivity index (χ1n) is 8.10. The molecular weight excluding hydrogens is 356 g/mol. The highest BCUT2D eigenvalue weighted by molar-refractivity contribution is 8.03. The highest BCUT2D eigenvalue weighted by Crippen LogP contribution is 2.30. The molecule has 0 saturated heterocycles. The molecule has 0 unspecified atom stereocenters. The maximum Gasteiger partial charge on any atom is 0.171 e. The maximum absolute atomic E-state index is 9.46. The fourth-order valence-electron chi connectivity index (χ4n) is 2.67. The van der Waals surface area contributed by atoms with Crippen LogP contribution in [0, 0.1) is 22.7 Å². The molecule has 6 heteroatoms. The molecule has 0 aliphatic rings. The van der Waals surface area contributed by atoms with Gasteiger partial charge in [-0.15, -0.1) is 0 Å². The number of para-hydroxylation sites is 2. The van der Waals surface area contributed by atoms with Gasteiger partial charge in [-0.25, -0.2) is 4.98 Å². The first kappa shape index (κ1) is 16.7. The van der Waals surface area contributed by atoms with Gasteiger partial charge in [-0.1, -0.05) is 24.3 Å². The number of furan rings is 1. The van der Waals surface area contributed by atoms with Crippen LogP contribution in [0.1, 0.15) is 11.3 Å². The number of aromatic amines is 1. The zero-order chi connectivity index (χ0) is 18.6. The van der Waals surface area contributed by atoms with Crippen molar-refractivity contribution in [3.05, 3.63) is 76.9 Å². The maximum atomic E-state index is 9.46. The molecular formula is C21H12N4OS. The molecule has 2 aromatic carbocycles. The number of thioether (sulfide) groups is 1. The number of nitriles is 2. The van der Waals surface area contributed by atoms with Crippen LogP contribution in [0.5, 0.6) is 0 Å². The summed E-state index contributed by atoms with van der Waals surface area (Å²) in [5.74, 6) is 1.13. The number of H-pyrrole nitrogens is 1. The normalized spacial score (nSPS) is 11.3. The molecule has 2 aromatic heterocycles. The molecule has 5 nitrogen and oxygen atoms in total. The Morgan fingerprint density at radius 2 is 1.85 bits per heavy atom. The lowest BCUT2D eigenvalue weighted by Gasteiger charge is -1.99. The van der Waals surface area contributed by atoms with E-state index in [1.54, 1.807) is 24.3 Å². The summed E-state index contributed by atoms with van der Waals surface area (Å²) in [6.07, 6.45) is 1.66. The summed E-state index contributed by atoms with van der Waals surface area (Å²) in [6.45, 7) is 0. The van der Waals surface area contributed by atoms with Gasteiger partial charge in [0.2, 0.25) is 0 Å². The molecule has 4 aromatic rings. The Balaban J connectivity index is 1.61. The molecule has 2 heterocycles. The van der Waals surface area contributed by atoms with Gasteiger partial charge in [0.05, 0.1) is 27.6 Å². The quantitative estimate of drug-likeness (QED) is 0.387. The number of nitrogens with one attached hydrogen (secondary N) is 1.